The van der Waals surface area contributed by atoms with Gasteiger partial charge in [-0.3, -0.25) is 4.79 Å². The Bertz CT molecular complexity index is 728. The maximum Gasteiger partial charge on any atom is 0.352 e. The number of hydrogen-bond acceptors (Lipinski definition) is 3. The highest BCUT2D eigenvalue weighted by Crippen LogP contribution is 2.23. The first-order valence-electron chi connectivity index (χ1n) is 7.65. The number of aryl methyl sites for hydroxylation is 1. The van der Waals surface area contributed by atoms with Gasteiger partial charge in [-0.05, 0) is 18.2 Å². The Morgan fingerprint density at radius 3 is 2.20 bits per heavy atom. The van der Waals surface area contributed by atoms with Gasteiger partial charge in [0, 0.05) is 43.7 Å². The molecule has 0 atom stereocenters. The molecule has 0 radical (unpaired) electrons. The van der Waals surface area contributed by atoms with Gasteiger partial charge >= 0.3 is 5.97 Å². The number of halogens is 2. The fraction of sp³-hybridized carbons (Fsp3) is 0.294. The summed E-state index contributed by atoms with van der Waals surface area (Å²) in [6.07, 6.45) is 1.60. The van der Waals surface area contributed by atoms with Crippen molar-refractivity contribution < 1.29 is 14.7 Å². The Morgan fingerprint density at radius 2 is 1.72 bits per heavy atom. The Kier molecular flexibility index (Phi) is 6.87. The van der Waals surface area contributed by atoms with Crippen LogP contribution in [-0.2, 0) is 7.05 Å². The Balaban J connectivity index is 2.49. The van der Waals surface area contributed by atoms with Crippen LogP contribution < -0.4 is 5.01 Å². The monoisotopic (exact) mass is 383 g/mol. The van der Waals surface area contributed by atoms with Crippen molar-refractivity contribution in [2.24, 2.45) is 7.05 Å². The van der Waals surface area contributed by atoms with Crippen molar-refractivity contribution in [2.75, 3.05) is 29.9 Å². The van der Waals surface area contributed by atoms with E-state index in [1.54, 1.807) is 42.5 Å². The van der Waals surface area contributed by atoms with Gasteiger partial charge in [-0.1, -0.05) is 18.2 Å². The second kappa shape index (κ2) is 8.89. The number of anilines is 1. The van der Waals surface area contributed by atoms with Crippen LogP contribution in [-0.4, -0.2) is 51.4 Å². The van der Waals surface area contributed by atoms with E-state index in [1.807, 2.05) is 6.07 Å². The van der Waals surface area contributed by atoms with Gasteiger partial charge in [0.2, 0.25) is 0 Å². The van der Waals surface area contributed by atoms with E-state index in [4.69, 9.17) is 23.2 Å². The maximum absolute atomic E-state index is 13.1. The van der Waals surface area contributed by atoms with E-state index < -0.39 is 5.97 Å². The SMILES string of the molecule is Cn1cc(N(C(=O)c2ccccc2)N(CCCl)CCCl)cc1C(=O)O. The van der Waals surface area contributed by atoms with Crippen molar-refractivity contribution in [2.45, 2.75) is 0 Å². The van der Waals surface area contributed by atoms with Crippen molar-refractivity contribution in [3.05, 3.63) is 53.9 Å². The quantitative estimate of drug-likeness (QED) is 0.561. The van der Waals surface area contributed by atoms with E-state index in [9.17, 15) is 14.7 Å². The molecule has 1 heterocycles. The van der Waals surface area contributed by atoms with Crippen LogP contribution in [0.2, 0.25) is 0 Å². The van der Waals surface area contributed by atoms with E-state index >= 15 is 0 Å². The highest BCUT2D eigenvalue weighted by molar-refractivity contribution is 6.18. The molecule has 1 amide bonds. The minimum atomic E-state index is -1.07. The first kappa shape index (κ1) is 19.3. The lowest BCUT2D eigenvalue weighted by molar-refractivity contribution is 0.0686. The lowest BCUT2D eigenvalue weighted by Gasteiger charge is -2.33. The van der Waals surface area contributed by atoms with Crippen LogP contribution in [0.4, 0.5) is 5.69 Å². The molecule has 1 aromatic heterocycles. The molecular formula is C17H19Cl2N3O3. The van der Waals surface area contributed by atoms with Crippen molar-refractivity contribution in [3.8, 4) is 0 Å². The molecule has 2 rings (SSSR count). The van der Waals surface area contributed by atoms with Gasteiger partial charge in [-0.2, -0.15) is 0 Å². The summed E-state index contributed by atoms with van der Waals surface area (Å²) in [5.41, 5.74) is 1.01. The first-order valence-corrected chi connectivity index (χ1v) is 8.72. The molecule has 134 valence electrons. The molecule has 1 N–H and O–H groups in total. The van der Waals surface area contributed by atoms with Gasteiger partial charge < -0.3 is 9.67 Å². The number of amides is 1. The predicted molar refractivity (Wildman–Crippen MR) is 98.6 cm³/mol. The molecule has 25 heavy (non-hydrogen) atoms. The van der Waals surface area contributed by atoms with Crippen molar-refractivity contribution in [1.82, 2.24) is 9.58 Å². The molecule has 1 aromatic carbocycles. The average molecular weight is 384 g/mol. The summed E-state index contributed by atoms with van der Waals surface area (Å²) in [5, 5.41) is 12.4. The largest absolute Gasteiger partial charge is 0.477 e. The number of aromatic carboxylic acids is 1. The van der Waals surface area contributed by atoms with Gasteiger partial charge in [-0.25, -0.2) is 14.8 Å². The molecule has 0 fully saturated rings. The normalized spacial score (nSPS) is 10.9. The lowest BCUT2D eigenvalue weighted by Crippen LogP contribution is -2.48. The van der Waals surface area contributed by atoms with Crippen molar-refractivity contribution in [3.63, 3.8) is 0 Å². The van der Waals surface area contributed by atoms with Crippen LogP contribution in [0.5, 0.6) is 0 Å². The maximum atomic E-state index is 13.1. The lowest BCUT2D eigenvalue weighted by atomic mass is 10.2. The van der Waals surface area contributed by atoms with E-state index in [1.165, 1.54) is 15.6 Å². The zero-order chi connectivity index (χ0) is 18.4. The molecule has 0 spiro atoms. The molecule has 0 aliphatic carbocycles. The third-order valence-corrected chi connectivity index (χ3v) is 3.97. The van der Waals surface area contributed by atoms with Crippen molar-refractivity contribution >= 4 is 40.8 Å². The van der Waals surface area contributed by atoms with E-state index in [-0.39, 0.29) is 11.6 Å². The van der Waals surface area contributed by atoms with E-state index in [0.717, 1.165) is 0 Å². The van der Waals surface area contributed by atoms with Gasteiger partial charge in [-0.15, -0.1) is 23.2 Å². The van der Waals surface area contributed by atoms with Crippen molar-refractivity contribution in [1.29, 1.82) is 0 Å². The topological polar surface area (TPSA) is 65.8 Å². The third kappa shape index (κ3) is 4.54. The Morgan fingerprint density at radius 1 is 1.12 bits per heavy atom. The first-order chi connectivity index (χ1) is 12.0. The highest BCUT2D eigenvalue weighted by Gasteiger charge is 2.26. The van der Waals surface area contributed by atoms with Crippen LogP contribution >= 0.6 is 23.2 Å². The number of hydrogen-bond donors (Lipinski definition) is 1. The summed E-state index contributed by atoms with van der Waals surface area (Å²) in [6, 6.07) is 10.2. The average Bonchev–Trinajstić information content (AvgIpc) is 2.98. The number of carboxylic acid groups (broad SMARTS) is 1. The second-order valence-corrected chi connectivity index (χ2v) is 6.07. The van der Waals surface area contributed by atoms with Gasteiger partial charge in [0.1, 0.15) is 5.69 Å². The number of benzene rings is 1. The number of aromatic nitrogens is 1. The van der Waals surface area contributed by atoms with Crippen LogP contribution in [0.3, 0.4) is 0 Å². The van der Waals surface area contributed by atoms with E-state index in [0.29, 0.717) is 36.1 Å². The molecule has 0 aliphatic rings. The number of carbonyl (C=O) groups excluding carboxylic acids is 1. The summed E-state index contributed by atoms with van der Waals surface area (Å²) >= 11 is 11.8. The smallest absolute Gasteiger partial charge is 0.352 e. The minimum Gasteiger partial charge on any atom is -0.477 e. The molecule has 6 nitrogen and oxygen atoms in total. The van der Waals surface area contributed by atoms with Gasteiger partial charge in [0.25, 0.3) is 5.91 Å². The summed E-state index contributed by atoms with van der Waals surface area (Å²) in [5.74, 6) is -0.747. The van der Waals surface area contributed by atoms with Crippen LogP contribution in [0.1, 0.15) is 20.8 Å². The van der Waals surface area contributed by atoms with Crippen LogP contribution in [0.15, 0.2) is 42.6 Å². The van der Waals surface area contributed by atoms with Crippen LogP contribution in [0, 0.1) is 0 Å². The number of rotatable bonds is 8. The number of carbonyl (C=O) groups is 2. The molecule has 0 unspecified atom stereocenters. The summed E-state index contributed by atoms with van der Waals surface area (Å²) in [4.78, 5) is 24.4. The molecule has 0 aliphatic heterocycles. The molecule has 8 heteroatoms. The fourth-order valence-electron chi connectivity index (χ4n) is 2.49. The Hall–Kier alpha value is -2.02. The summed E-state index contributed by atoms with van der Waals surface area (Å²) in [6.45, 7) is 0.786. The van der Waals surface area contributed by atoms with Gasteiger partial charge in [0.15, 0.2) is 0 Å². The molecule has 2 aromatic rings. The summed E-state index contributed by atoms with van der Waals surface area (Å²) in [7, 11) is 1.62. The number of nitrogens with zero attached hydrogens (tertiary/aromatic N) is 3. The molecule has 0 saturated carbocycles. The van der Waals surface area contributed by atoms with Crippen LogP contribution in [0.25, 0.3) is 0 Å². The highest BCUT2D eigenvalue weighted by atomic mass is 35.5. The van der Waals surface area contributed by atoms with E-state index in [2.05, 4.69) is 0 Å². The zero-order valence-corrected chi connectivity index (χ0v) is 15.2. The molecule has 0 saturated heterocycles. The predicted octanol–water partition coefficient (Wildman–Crippen LogP) is 3.06. The standard InChI is InChI=1S/C17H19Cl2N3O3/c1-20-12-14(11-15(20)17(24)25)22(21(9-7-18)10-8-19)16(23)13-5-3-2-4-6-13/h2-6,11-12H,7-10H2,1H3,(H,24,25). The minimum absolute atomic E-state index is 0.0811. The zero-order valence-electron chi connectivity index (χ0n) is 13.7. The number of carboxylic acids is 1. The molecule has 0 bridgehead atoms. The third-order valence-electron chi connectivity index (χ3n) is 3.64. The van der Waals surface area contributed by atoms with Gasteiger partial charge in [0.05, 0.1) is 5.69 Å². The fourth-order valence-corrected chi connectivity index (χ4v) is 2.88. The summed E-state index contributed by atoms with van der Waals surface area (Å²) < 4.78 is 1.46. The Labute approximate surface area is 156 Å². The number of hydrazine groups is 1. The second-order valence-electron chi connectivity index (χ2n) is 5.31. The number of alkyl halides is 2. The molecular weight excluding hydrogens is 365 g/mol.